The number of amides is 1. The SMILES string of the molecule is NC(=O)C1N=C(c2c(F)cccc2F)OC1c1ccc(O)cc1. The number of carbonyl (C=O) groups excluding carboxylic acids is 1. The lowest BCUT2D eigenvalue weighted by Crippen LogP contribution is -2.30. The number of phenols is 1. The molecule has 1 amide bonds. The van der Waals surface area contributed by atoms with E-state index in [-0.39, 0.29) is 11.6 Å². The Bertz CT molecular complexity index is 770. The summed E-state index contributed by atoms with van der Waals surface area (Å²) in [4.78, 5) is 15.5. The number of phenolic OH excluding ortho intramolecular Hbond substituents is 1. The fourth-order valence-corrected chi connectivity index (χ4v) is 2.36. The van der Waals surface area contributed by atoms with Crippen molar-refractivity contribution in [2.75, 3.05) is 0 Å². The monoisotopic (exact) mass is 318 g/mol. The van der Waals surface area contributed by atoms with Crippen LogP contribution in [-0.4, -0.2) is 23.0 Å². The lowest BCUT2D eigenvalue weighted by molar-refractivity contribution is -0.120. The lowest BCUT2D eigenvalue weighted by atomic mass is 10.0. The molecule has 2 unspecified atom stereocenters. The van der Waals surface area contributed by atoms with Crippen LogP contribution in [0, 0.1) is 11.6 Å². The minimum absolute atomic E-state index is 0.0312. The molecule has 5 nitrogen and oxygen atoms in total. The molecule has 1 aliphatic heterocycles. The molecule has 0 aliphatic carbocycles. The first-order valence-corrected chi connectivity index (χ1v) is 6.74. The average molecular weight is 318 g/mol. The molecule has 0 fully saturated rings. The Kier molecular flexibility index (Phi) is 3.69. The zero-order chi connectivity index (χ0) is 16.6. The Morgan fingerprint density at radius 1 is 1.13 bits per heavy atom. The Balaban J connectivity index is 2.01. The van der Waals surface area contributed by atoms with Crippen LogP contribution in [0.3, 0.4) is 0 Å². The molecule has 2 aromatic carbocycles. The molecule has 0 aromatic heterocycles. The quantitative estimate of drug-likeness (QED) is 0.908. The predicted molar refractivity (Wildman–Crippen MR) is 77.8 cm³/mol. The van der Waals surface area contributed by atoms with Crippen molar-refractivity contribution in [3.05, 3.63) is 65.2 Å². The van der Waals surface area contributed by atoms with E-state index in [1.807, 2.05) is 0 Å². The number of primary amides is 1. The van der Waals surface area contributed by atoms with E-state index in [4.69, 9.17) is 10.5 Å². The third-order valence-electron chi connectivity index (χ3n) is 3.47. The number of hydrogen-bond acceptors (Lipinski definition) is 4. The van der Waals surface area contributed by atoms with Crippen molar-refractivity contribution < 1.29 is 23.4 Å². The van der Waals surface area contributed by atoms with Gasteiger partial charge in [-0.3, -0.25) is 4.79 Å². The van der Waals surface area contributed by atoms with Gasteiger partial charge in [0, 0.05) is 0 Å². The molecule has 2 aromatic rings. The van der Waals surface area contributed by atoms with E-state index < -0.39 is 35.3 Å². The lowest BCUT2D eigenvalue weighted by Gasteiger charge is -2.16. The van der Waals surface area contributed by atoms with Gasteiger partial charge in [-0.25, -0.2) is 13.8 Å². The molecule has 2 atom stereocenters. The largest absolute Gasteiger partial charge is 0.508 e. The summed E-state index contributed by atoms with van der Waals surface area (Å²) in [5.41, 5.74) is 5.37. The number of ether oxygens (including phenoxy) is 1. The van der Waals surface area contributed by atoms with Gasteiger partial charge in [0.2, 0.25) is 11.8 Å². The second kappa shape index (κ2) is 5.68. The third-order valence-corrected chi connectivity index (χ3v) is 3.47. The second-order valence-corrected chi connectivity index (χ2v) is 5.01. The molecule has 7 heteroatoms. The van der Waals surface area contributed by atoms with Gasteiger partial charge in [0.25, 0.3) is 0 Å². The summed E-state index contributed by atoms with van der Waals surface area (Å²) < 4.78 is 33.2. The van der Waals surface area contributed by atoms with Crippen LogP contribution in [0.15, 0.2) is 47.5 Å². The molecule has 3 rings (SSSR count). The van der Waals surface area contributed by atoms with E-state index in [1.165, 1.54) is 30.3 Å². The summed E-state index contributed by atoms with van der Waals surface area (Å²) >= 11 is 0. The molecular weight excluding hydrogens is 306 g/mol. The first-order valence-electron chi connectivity index (χ1n) is 6.74. The van der Waals surface area contributed by atoms with E-state index in [0.717, 1.165) is 12.1 Å². The number of aliphatic imine (C=N–C) groups is 1. The second-order valence-electron chi connectivity index (χ2n) is 5.01. The van der Waals surface area contributed by atoms with Crippen LogP contribution in [0.1, 0.15) is 17.2 Å². The number of hydrogen-bond donors (Lipinski definition) is 2. The van der Waals surface area contributed by atoms with Gasteiger partial charge in [-0.05, 0) is 29.8 Å². The smallest absolute Gasteiger partial charge is 0.246 e. The number of carbonyl (C=O) groups is 1. The summed E-state index contributed by atoms with van der Waals surface area (Å²) in [6, 6.07) is 8.07. The first-order chi connectivity index (χ1) is 11.0. The molecule has 118 valence electrons. The van der Waals surface area contributed by atoms with Crippen molar-refractivity contribution in [3.63, 3.8) is 0 Å². The molecule has 3 N–H and O–H groups in total. The molecule has 0 saturated carbocycles. The van der Waals surface area contributed by atoms with Crippen LogP contribution >= 0.6 is 0 Å². The summed E-state index contributed by atoms with van der Waals surface area (Å²) in [6.07, 6.45) is -0.915. The molecule has 0 bridgehead atoms. The van der Waals surface area contributed by atoms with Gasteiger partial charge < -0.3 is 15.6 Å². The van der Waals surface area contributed by atoms with Crippen molar-refractivity contribution >= 4 is 11.8 Å². The third kappa shape index (κ3) is 2.73. The molecule has 1 aliphatic rings. The number of rotatable bonds is 3. The van der Waals surface area contributed by atoms with E-state index in [1.54, 1.807) is 0 Å². The van der Waals surface area contributed by atoms with Crippen LogP contribution in [-0.2, 0) is 9.53 Å². The predicted octanol–water partition coefficient (Wildman–Crippen LogP) is 2.04. The Hall–Kier alpha value is -2.96. The van der Waals surface area contributed by atoms with Gasteiger partial charge in [-0.2, -0.15) is 0 Å². The zero-order valence-corrected chi connectivity index (χ0v) is 11.7. The van der Waals surface area contributed by atoms with Gasteiger partial charge in [0.15, 0.2) is 12.1 Å². The number of nitrogens with zero attached hydrogens (tertiary/aromatic N) is 1. The van der Waals surface area contributed by atoms with Crippen molar-refractivity contribution in [2.45, 2.75) is 12.1 Å². The van der Waals surface area contributed by atoms with E-state index in [0.29, 0.717) is 5.56 Å². The van der Waals surface area contributed by atoms with Crippen LogP contribution in [0.25, 0.3) is 0 Å². The molecule has 0 spiro atoms. The van der Waals surface area contributed by atoms with Crippen LogP contribution < -0.4 is 5.73 Å². The molecule has 1 heterocycles. The summed E-state index contributed by atoms with van der Waals surface area (Å²) in [5, 5.41) is 9.32. The maximum absolute atomic E-state index is 13.9. The topological polar surface area (TPSA) is 84.9 Å². The summed E-state index contributed by atoms with van der Waals surface area (Å²) in [7, 11) is 0. The zero-order valence-electron chi connectivity index (χ0n) is 11.7. The fourth-order valence-electron chi connectivity index (χ4n) is 2.36. The standard InChI is InChI=1S/C16H12F2N2O3/c17-10-2-1-3-11(18)12(10)16-20-13(15(19)22)14(23-16)8-4-6-9(21)7-5-8/h1-7,13-14,21H,(H2,19,22). The Morgan fingerprint density at radius 2 is 1.74 bits per heavy atom. The van der Waals surface area contributed by atoms with Crippen LogP contribution in [0.2, 0.25) is 0 Å². The minimum atomic E-state index is -1.12. The first kappa shape index (κ1) is 15.0. The number of aromatic hydroxyl groups is 1. The van der Waals surface area contributed by atoms with E-state index >= 15 is 0 Å². The highest BCUT2D eigenvalue weighted by Gasteiger charge is 2.38. The van der Waals surface area contributed by atoms with Crippen LogP contribution in [0.4, 0.5) is 8.78 Å². The highest BCUT2D eigenvalue weighted by atomic mass is 19.1. The number of benzene rings is 2. The number of nitrogens with two attached hydrogens (primary N) is 1. The highest BCUT2D eigenvalue weighted by molar-refractivity contribution is 5.99. The average Bonchev–Trinajstić information content (AvgIpc) is 2.93. The maximum atomic E-state index is 13.9. The van der Waals surface area contributed by atoms with Crippen molar-refractivity contribution in [1.82, 2.24) is 0 Å². The van der Waals surface area contributed by atoms with Crippen molar-refractivity contribution in [2.24, 2.45) is 10.7 Å². The molecule has 23 heavy (non-hydrogen) atoms. The summed E-state index contributed by atoms with van der Waals surface area (Å²) in [6.45, 7) is 0. The molecular formula is C16H12F2N2O3. The minimum Gasteiger partial charge on any atom is -0.508 e. The fraction of sp³-hybridized carbons (Fsp3) is 0.125. The normalized spacial score (nSPS) is 20.0. The number of halogens is 2. The van der Waals surface area contributed by atoms with E-state index in [2.05, 4.69) is 4.99 Å². The van der Waals surface area contributed by atoms with Crippen LogP contribution in [0.5, 0.6) is 5.75 Å². The maximum Gasteiger partial charge on any atom is 0.246 e. The van der Waals surface area contributed by atoms with Gasteiger partial charge in [0.05, 0.1) is 0 Å². The Morgan fingerprint density at radius 3 is 2.30 bits per heavy atom. The van der Waals surface area contributed by atoms with Gasteiger partial charge in [-0.15, -0.1) is 0 Å². The molecule has 0 radical (unpaired) electrons. The Labute approximate surface area is 130 Å². The van der Waals surface area contributed by atoms with E-state index in [9.17, 15) is 18.7 Å². The van der Waals surface area contributed by atoms with Gasteiger partial charge in [0.1, 0.15) is 22.9 Å². The van der Waals surface area contributed by atoms with Crippen molar-refractivity contribution in [1.29, 1.82) is 0 Å². The molecule has 0 saturated heterocycles. The highest BCUT2D eigenvalue weighted by Crippen LogP contribution is 2.33. The summed E-state index contributed by atoms with van der Waals surface area (Å²) in [5.74, 6) is -2.77. The van der Waals surface area contributed by atoms with Crippen molar-refractivity contribution in [3.8, 4) is 5.75 Å². The van der Waals surface area contributed by atoms with Gasteiger partial charge >= 0.3 is 0 Å². The van der Waals surface area contributed by atoms with Gasteiger partial charge in [-0.1, -0.05) is 18.2 Å².